The van der Waals surface area contributed by atoms with Gasteiger partial charge >= 0.3 is 0 Å². The van der Waals surface area contributed by atoms with E-state index in [1.54, 1.807) is 52.1 Å². The van der Waals surface area contributed by atoms with Gasteiger partial charge in [0.2, 0.25) is 11.9 Å². The standard InChI is InChI=1S/C11H26N10/c1-18(2)8(12)16-10(14)20(5)7-21(6)11(15)17-9(13)19(3)4/h7H2,1-6H3,(H3,12,14,16)(H3,13,15,17). The predicted molar refractivity (Wildman–Crippen MR) is 86.5 cm³/mol. The molecule has 0 spiro atoms. The van der Waals surface area contributed by atoms with Gasteiger partial charge in [-0.25, -0.2) is 0 Å². The lowest BCUT2D eigenvalue weighted by molar-refractivity contribution is 0.336. The largest absolute Gasteiger partial charge is 0.369 e. The number of hydrogen-bond donors (Lipinski definition) is 4. The normalized spacial score (nSPS) is 11.9. The molecule has 0 fully saturated rings. The lowest BCUT2D eigenvalue weighted by Crippen LogP contribution is -2.41. The van der Waals surface area contributed by atoms with Gasteiger partial charge in [-0.05, 0) is 0 Å². The van der Waals surface area contributed by atoms with Crippen LogP contribution in [0.3, 0.4) is 0 Å². The van der Waals surface area contributed by atoms with E-state index < -0.39 is 0 Å². The number of nitrogens with two attached hydrogens (primary N) is 2. The summed E-state index contributed by atoms with van der Waals surface area (Å²) in [4.78, 5) is 14.2. The van der Waals surface area contributed by atoms with E-state index in [2.05, 4.69) is 9.98 Å². The van der Waals surface area contributed by atoms with E-state index in [-0.39, 0.29) is 30.5 Å². The summed E-state index contributed by atoms with van der Waals surface area (Å²) in [7, 11) is 10.3. The minimum absolute atomic E-state index is 0.00888. The van der Waals surface area contributed by atoms with E-state index in [4.69, 9.17) is 22.3 Å². The Hall–Kier alpha value is -2.52. The number of aliphatic imine (C=N–C) groups is 2. The summed E-state index contributed by atoms with van der Waals surface area (Å²) in [5, 5.41) is 15.7. The van der Waals surface area contributed by atoms with Gasteiger partial charge in [-0.3, -0.25) is 10.8 Å². The molecule has 0 aliphatic rings. The van der Waals surface area contributed by atoms with Gasteiger partial charge in [0, 0.05) is 42.3 Å². The van der Waals surface area contributed by atoms with Gasteiger partial charge in [-0.15, -0.1) is 0 Å². The van der Waals surface area contributed by atoms with Crippen molar-refractivity contribution in [2.75, 3.05) is 49.0 Å². The molecule has 0 heterocycles. The molecular formula is C11H26N10. The third-order valence-electron chi connectivity index (χ3n) is 2.50. The Bertz CT molecular complexity index is 396. The monoisotopic (exact) mass is 298 g/mol. The highest BCUT2D eigenvalue weighted by atomic mass is 15.4. The van der Waals surface area contributed by atoms with Crippen molar-refractivity contribution in [1.82, 2.24) is 19.6 Å². The molecule has 0 aromatic rings. The number of rotatable bonds is 2. The maximum Gasteiger partial charge on any atom is 0.222 e. The number of guanidine groups is 4. The number of nitrogens with one attached hydrogen (secondary N) is 2. The highest BCUT2D eigenvalue weighted by Crippen LogP contribution is 1.95. The van der Waals surface area contributed by atoms with Crippen molar-refractivity contribution < 1.29 is 0 Å². The van der Waals surface area contributed by atoms with Crippen molar-refractivity contribution in [3.63, 3.8) is 0 Å². The van der Waals surface area contributed by atoms with Crippen molar-refractivity contribution in [3.8, 4) is 0 Å². The van der Waals surface area contributed by atoms with Crippen LogP contribution in [0.15, 0.2) is 9.98 Å². The first-order chi connectivity index (χ1) is 9.56. The summed E-state index contributed by atoms with van der Waals surface area (Å²) < 4.78 is 0. The minimum Gasteiger partial charge on any atom is -0.369 e. The van der Waals surface area contributed by atoms with Crippen LogP contribution in [0.25, 0.3) is 0 Å². The summed E-state index contributed by atoms with van der Waals surface area (Å²) in [6.45, 7) is 0.256. The van der Waals surface area contributed by atoms with Crippen molar-refractivity contribution in [2.45, 2.75) is 0 Å². The zero-order chi connectivity index (χ0) is 16.7. The zero-order valence-corrected chi connectivity index (χ0v) is 13.5. The van der Waals surface area contributed by atoms with E-state index in [1.807, 2.05) is 0 Å². The van der Waals surface area contributed by atoms with E-state index in [9.17, 15) is 0 Å². The van der Waals surface area contributed by atoms with Crippen LogP contribution in [0.1, 0.15) is 0 Å². The molecule has 0 atom stereocenters. The van der Waals surface area contributed by atoms with Gasteiger partial charge in [0.25, 0.3) is 0 Å². The Balaban J connectivity index is 4.68. The highest BCUT2D eigenvalue weighted by molar-refractivity contribution is 5.93. The Morgan fingerprint density at radius 3 is 1.29 bits per heavy atom. The van der Waals surface area contributed by atoms with Crippen LogP contribution in [0.2, 0.25) is 0 Å². The van der Waals surface area contributed by atoms with E-state index >= 15 is 0 Å². The summed E-state index contributed by atoms with van der Waals surface area (Å²) in [6, 6.07) is 0. The van der Waals surface area contributed by atoms with Gasteiger partial charge in [-0.2, -0.15) is 9.98 Å². The Morgan fingerprint density at radius 1 is 0.762 bits per heavy atom. The lowest BCUT2D eigenvalue weighted by atomic mass is 10.6. The van der Waals surface area contributed by atoms with E-state index in [1.165, 1.54) is 9.80 Å². The molecule has 0 rings (SSSR count). The Labute approximate surface area is 125 Å². The zero-order valence-electron chi connectivity index (χ0n) is 13.5. The average Bonchev–Trinajstić information content (AvgIpc) is 2.37. The van der Waals surface area contributed by atoms with Crippen molar-refractivity contribution in [2.24, 2.45) is 21.5 Å². The van der Waals surface area contributed by atoms with Crippen LogP contribution in [-0.4, -0.2) is 92.4 Å². The van der Waals surface area contributed by atoms with Crippen molar-refractivity contribution in [1.29, 1.82) is 10.8 Å². The summed E-state index contributed by atoms with van der Waals surface area (Å²) in [5.41, 5.74) is 11.3. The quantitative estimate of drug-likeness (QED) is 0.276. The SMILES string of the molecule is CN(CN(C)C(=N)/N=C(\N)N(C)C)C(=N)/N=C(\N)N(C)C. The van der Waals surface area contributed by atoms with Gasteiger partial charge in [0.1, 0.15) is 0 Å². The van der Waals surface area contributed by atoms with Crippen LogP contribution in [-0.2, 0) is 0 Å². The van der Waals surface area contributed by atoms with Crippen LogP contribution in [0, 0.1) is 10.8 Å². The average molecular weight is 298 g/mol. The molecule has 0 aromatic heterocycles. The first kappa shape index (κ1) is 18.5. The van der Waals surface area contributed by atoms with Crippen LogP contribution in [0.4, 0.5) is 0 Å². The van der Waals surface area contributed by atoms with E-state index in [0.29, 0.717) is 0 Å². The summed E-state index contributed by atoms with van der Waals surface area (Å²) in [6.07, 6.45) is 0. The third-order valence-corrected chi connectivity index (χ3v) is 2.50. The molecule has 0 bridgehead atoms. The fraction of sp³-hybridized carbons (Fsp3) is 0.636. The van der Waals surface area contributed by atoms with Gasteiger partial charge in [0.05, 0.1) is 6.67 Å². The van der Waals surface area contributed by atoms with Crippen LogP contribution in [0.5, 0.6) is 0 Å². The molecule has 0 aromatic carbocycles. The lowest BCUT2D eigenvalue weighted by Gasteiger charge is -2.25. The second-order valence-corrected chi connectivity index (χ2v) is 4.91. The Kier molecular flexibility index (Phi) is 6.97. The van der Waals surface area contributed by atoms with Gasteiger partial charge < -0.3 is 31.1 Å². The van der Waals surface area contributed by atoms with Gasteiger partial charge in [-0.1, -0.05) is 0 Å². The van der Waals surface area contributed by atoms with Crippen LogP contribution < -0.4 is 11.5 Å². The molecule has 10 nitrogen and oxygen atoms in total. The molecule has 0 amide bonds. The maximum atomic E-state index is 7.83. The Morgan fingerprint density at radius 2 is 1.05 bits per heavy atom. The first-order valence-corrected chi connectivity index (χ1v) is 6.18. The van der Waals surface area contributed by atoms with Crippen molar-refractivity contribution in [3.05, 3.63) is 0 Å². The number of hydrogen-bond acceptors (Lipinski definition) is 2. The molecule has 0 saturated heterocycles. The fourth-order valence-corrected chi connectivity index (χ4v) is 1.04. The maximum absolute atomic E-state index is 7.83. The number of nitrogens with zero attached hydrogens (tertiary/aromatic N) is 6. The van der Waals surface area contributed by atoms with Crippen molar-refractivity contribution >= 4 is 23.8 Å². The molecule has 6 N–H and O–H groups in total. The summed E-state index contributed by atoms with van der Waals surface area (Å²) >= 11 is 0. The minimum atomic E-state index is -0.00888. The fourth-order valence-electron chi connectivity index (χ4n) is 1.04. The first-order valence-electron chi connectivity index (χ1n) is 6.18. The molecule has 0 unspecified atom stereocenters. The van der Waals surface area contributed by atoms with Gasteiger partial charge in [0.15, 0.2) is 11.9 Å². The molecular weight excluding hydrogens is 272 g/mol. The van der Waals surface area contributed by atoms with E-state index in [0.717, 1.165) is 0 Å². The molecule has 0 saturated carbocycles. The topological polar surface area (TPSA) is 137 Å². The molecule has 21 heavy (non-hydrogen) atoms. The highest BCUT2D eigenvalue weighted by Gasteiger charge is 2.11. The smallest absolute Gasteiger partial charge is 0.222 e. The second kappa shape index (κ2) is 7.92. The molecule has 0 radical (unpaired) electrons. The molecule has 120 valence electrons. The molecule has 0 aliphatic carbocycles. The predicted octanol–water partition coefficient (Wildman–Crippen LogP) is -1.57. The second-order valence-electron chi connectivity index (χ2n) is 4.91. The summed E-state index contributed by atoms with van der Waals surface area (Å²) in [5.74, 6) is 0.453. The van der Waals surface area contributed by atoms with Crippen LogP contribution >= 0.6 is 0 Å². The molecule has 0 aliphatic heterocycles. The molecule has 10 heteroatoms. The third kappa shape index (κ3) is 6.45.